The minimum Gasteiger partial charge on any atom is -0.390 e. The zero-order valence-corrected chi connectivity index (χ0v) is 15.7. The molecule has 2 heteroatoms. The molecule has 0 bridgehead atoms. The van der Waals surface area contributed by atoms with Gasteiger partial charge in [-0.05, 0) is 30.0 Å². The van der Waals surface area contributed by atoms with E-state index in [9.17, 15) is 5.11 Å². The first-order chi connectivity index (χ1) is 13.1. The monoisotopic (exact) mass is 358 g/mol. The van der Waals surface area contributed by atoms with Crippen molar-refractivity contribution in [2.75, 3.05) is 6.61 Å². The van der Waals surface area contributed by atoms with Crippen molar-refractivity contribution in [2.24, 2.45) is 0 Å². The summed E-state index contributed by atoms with van der Waals surface area (Å²) in [6, 6.07) is 30.6. The second-order valence-corrected chi connectivity index (χ2v) is 6.91. The fraction of sp³-hybridized carbons (Fsp3) is 0.200. The third-order valence-electron chi connectivity index (χ3n) is 4.62. The van der Waals surface area contributed by atoms with Crippen molar-refractivity contribution in [1.29, 1.82) is 0 Å². The highest BCUT2D eigenvalue weighted by molar-refractivity contribution is 5.47. The molecule has 3 aromatic rings. The summed E-state index contributed by atoms with van der Waals surface area (Å²) in [6.45, 7) is 6.03. The van der Waals surface area contributed by atoms with Gasteiger partial charge in [0.05, 0.1) is 12.7 Å². The summed E-state index contributed by atoms with van der Waals surface area (Å²) in [7, 11) is 0. The largest absolute Gasteiger partial charge is 0.390 e. The van der Waals surface area contributed by atoms with Crippen molar-refractivity contribution < 1.29 is 9.84 Å². The lowest BCUT2D eigenvalue weighted by Gasteiger charge is -2.36. The highest BCUT2D eigenvalue weighted by Crippen LogP contribution is 2.40. The maximum absolute atomic E-state index is 10.4. The quantitative estimate of drug-likeness (QED) is 0.436. The van der Waals surface area contributed by atoms with Crippen LogP contribution < -0.4 is 0 Å². The van der Waals surface area contributed by atoms with Crippen LogP contribution >= 0.6 is 0 Å². The summed E-state index contributed by atoms with van der Waals surface area (Å²) < 4.78 is 6.56. The van der Waals surface area contributed by atoms with Gasteiger partial charge in [0.1, 0.15) is 5.60 Å². The van der Waals surface area contributed by atoms with Gasteiger partial charge in [-0.1, -0.05) is 96.6 Å². The first kappa shape index (κ1) is 19.1. The zero-order chi connectivity index (χ0) is 19.1. The third-order valence-corrected chi connectivity index (χ3v) is 4.62. The van der Waals surface area contributed by atoms with Crippen LogP contribution in [0.25, 0.3) is 0 Å². The first-order valence-corrected chi connectivity index (χ1v) is 9.26. The average molecular weight is 358 g/mol. The van der Waals surface area contributed by atoms with Gasteiger partial charge in [0.2, 0.25) is 0 Å². The Kier molecular flexibility index (Phi) is 6.23. The predicted molar refractivity (Wildman–Crippen MR) is 111 cm³/mol. The SMILES string of the molecule is C=C(C)C[C@H](O)COC(c1ccccc1)(c1ccccc1)c1ccccc1. The molecule has 138 valence electrons. The first-order valence-electron chi connectivity index (χ1n) is 9.26. The maximum atomic E-state index is 10.4. The minimum absolute atomic E-state index is 0.214. The Balaban J connectivity index is 2.12. The molecule has 3 rings (SSSR count). The molecular weight excluding hydrogens is 332 g/mol. The Morgan fingerprint density at radius 1 is 0.815 bits per heavy atom. The molecule has 0 fully saturated rings. The van der Waals surface area contributed by atoms with E-state index in [4.69, 9.17) is 4.74 Å². The number of aliphatic hydroxyl groups is 1. The van der Waals surface area contributed by atoms with E-state index < -0.39 is 11.7 Å². The lowest BCUT2D eigenvalue weighted by atomic mass is 9.80. The number of benzene rings is 3. The summed E-state index contributed by atoms with van der Waals surface area (Å²) in [5.74, 6) is 0. The maximum Gasteiger partial charge on any atom is 0.143 e. The molecule has 0 spiro atoms. The number of hydrogen-bond acceptors (Lipinski definition) is 2. The Labute approximate surface area is 161 Å². The van der Waals surface area contributed by atoms with Gasteiger partial charge in [-0.25, -0.2) is 0 Å². The van der Waals surface area contributed by atoms with E-state index in [1.54, 1.807) is 0 Å². The lowest BCUT2D eigenvalue weighted by molar-refractivity contribution is -0.0375. The standard InChI is InChI=1S/C25H26O2/c1-20(2)18-24(26)19-27-25(21-12-6-3-7-13-21,22-14-8-4-9-15-22)23-16-10-5-11-17-23/h3-17,24,26H,1,18-19H2,2H3/t24-/m0/s1. The van der Waals surface area contributed by atoms with Crippen molar-refractivity contribution >= 4 is 0 Å². The van der Waals surface area contributed by atoms with Crippen LogP contribution in [-0.4, -0.2) is 17.8 Å². The molecule has 0 aromatic heterocycles. The molecule has 0 radical (unpaired) electrons. The van der Waals surface area contributed by atoms with Gasteiger partial charge in [0.25, 0.3) is 0 Å². The van der Waals surface area contributed by atoms with Crippen molar-refractivity contribution in [3.05, 3.63) is 120 Å². The summed E-state index contributed by atoms with van der Waals surface area (Å²) in [5.41, 5.74) is 3.25. The summed E-state index contributed by atoms with van der Waals surface area (Å²) in [6.07, 6.45) is -0.0768. The van der Waals surface area contributed by atoms with Crippen LogP contribution in [0.4, 0.5) is 0 Å². The van der Waals surface area contributed by atoms with Gasteiger partial charge in [0.15, 0.2) is 0 Å². The molecule has 0 heterocycles. The average Bonchev–Trinajstić information content (AvgIpc) is 2.70. The van der Waals surface area contributed by atoms with E-state index >= 15 is 0 Å². The Morgan fingerprint density at radius 2 is 1.19 bits per heavy atom. The van der Waals surface area contributed by atoms with E-state index in [1.807, 2.05) is 61.5 Å². The molecule has 0 aliphatic rings. The van der Waals surface area contributed by atoms with Crippen LogP contribution in [-0.2, 0) is 10.3 Å². The van der Waals surface area contributed by atoms with Gasteiger partial charge in [-0.15, -0.1) is 6.58 Å². The van der Waals surface area contributed by atoms with Crippen molar-refractivity contribution in [1.82, 2.24) is 0 Å². The minimum atomic E-state index is -0.792. The van der Waals surface area contributed by atoms with E-state index in [-0.39, 0.29) is 6.61 Å². The van der Waals surface area contributed by atoms with Gasteiger partial charge in [0, 0.05) is 0 Å². The van der Waals surface area contributed by atoms with Gasteiger partial charge in [-0.2, -0.15) is 0 Å². The van der Waals surface area contributed by atoms with Gasteiger partial charge < -0.3 is 9.84 Å². The van der Waals surface area contributed by atoms with E-state index in [0.29, 0.717) is 6.42 Å². The molecule has 3 aromatic carbocycles. The van der Waals surface area contributed by atoms with Crippen LogP contribution in [0.15, 0.2) is 103 Å². The Bertz CT molecular complexity index is 745. The molecular formula is C25H26O2. The van der Waals surface area contributed by atoms with Gasteiger partial charge >= 0.3 is 0 Å². The molecule has 1 N–H and O–H groups in total. The van der Waals surface area contributed by atoms with E-state index in [2.05, 4.69) is 43.0 Å². The molecule has 0 saturated heterocycles. The van der Waals surface area contributed by atoms with Crippen molar-refractivity contribution in [2.45, 2.75) is 25.0 Å². The molecule has 0 aliphatic heterocycles. The van der Waals surface area contributed by atoms with Crippen LogP contribution in [0.1, 0.15) is 30.0 Å². The fourth-order valence-electron chi connectivity index (χ4n) is 3.45. The van der Waals surface area contributed by atoms with Crippen molar-refractivity contribution in [3.63, 3.8) is 0 Å². The number of aliphatic hydroxyl groups excluding tert-OH is 1. The highest BCUT2D eigenvalue weighted by Gasteiger charge is 2.37. The van der Waals surface area contributed by atoms with E-state index in [0.717, 1.165) is 22.3 Å². The normalized spacial score (nSPS) is 12.5. The molecule has 27 heavy (non-hydrogen) atoms. The molecule has 2 nitrogen and oxygen atoms in total. The zero-order valence-electron chi connectivity index (χ0n) is 15.7. The molecule has 1 atom stereocenters. The third kappa shape index (κ3) is 4.36. The smallest absolute Gasteiger partial charge is 0.143 e. The van der Waals surface area contributed by atoms with Crippen molar-refractivity contribution in [3.8, 4) is 0 Å². The summed E-state index contributed by atoms with van der Waals surface area (Å²) in [4.78, 5) is 0. The fourth-order valence-corrected chi connectivity index (χ4v) is 3.45. The molecule has 0 amide bonds. The second kappa shape index (κ2) is 8.81. The summed E-state index contributed by atoms with van der Waals surface area (Å²) >= 11 is 0. The molecule has 0 aliphatic carbocycles. The van der Waals surface area contributed by atoms with Crippen LogP contribution in [0.2, 0.25) is 0 Å². The Morgan fingerprint density at radius 3 is 1.52 bits per heavy atom. The predicted octanol–water partition coefficient (Wildman–Crippen LogP) is 5.32. The molecule has 0 saturated carbocycles. The highest BCUT2D eigenvalue weighted by atomic mass is 16.5. The lowest BCUT2D eigenvalue weighted by Crippen LogP contribution is -2.35. The van der Waals surface area contributed by atoms with Crippen LogP contribution in [0, 0.1) is 0 Å². The number of hydrogen-bond donors (Lipinski definition) is 1. The molecule has 0 unspecified atom stereocenters. The number of rotatable bonds is 8. The topological polar surface area (TPSA) is 29.5 Å². The van der Waals surface area contributed by atoms with E-state index in [1.165, 1.54) is 0 Å². The van der Waals surface area contributed by atoms with Crippen LogP contribution in [0.5, 0.6) is 0 Å². The number of ether oxygens (including phenoxy) is 1. The Hall–Kier alpha value is -2.68. The van der Waals surface area contributed by atoms with Gasteiger partial charge in [-0.3, -0.25) is 0 Å². The summed E-state index contributed by atoms with van der Waals surface area (Å²) in [5, 5.41) is 10.4. The van der Waals surface area contributed by atoms with Crippen LogP contribution in [0.3, 0.4) is 0 Å². The second-order valence-electron chi connectivity index (χ2n) is 6.91.